The molecule has 0 radical (unpaired) electrons. The minimum Gasteiger partial charge on any atom is -0.453 e. The van der Waals surface area contributed by atoms with Crippen LogP contribution < -0.4 is 9.80 Å². The van der Waals surface area contributed by atoms with Gasteiger partial charge in [-0.15, -0.1) is 11.3 Å². The topological polar surface area (TPSA) is 19.6 Å². The highest BCUT2D eigenvalue weighted by Crippen LogP contribution is 2.61. The molecule has 536 valence electrons. The van der Waals surface area contributed by atoms with Crippen molar-refractivity contribution in [2.75, 3.05) is 9.80 Å². The lowest BCUT2D eigenvalue weighted by Crippen LogP contribution is -2.28. The van der Waals surface area contributed by atoms with E-state index >= 15 is 0 Å². The normalized spacial score (nSPS) is 12.7. The van der Waals surface area contributed by atoms with Gasteiger partial charge in [0, 0.05) is 54.6 Å². The Labute approximate surface area is 668 Å². The average Bonchev–Trinajstić information content (AvgIpc) is 1.56. The number of furan rings is 1. The fourth-order valence-electron chi connectivity index (χ4n) is 18.5. The largest absolute Gasteiger partial charge is 0.453 e. The Kier molecular flexibility index (Phi) is 16.9. The van der Waals surface area contributed by atoms with Crippen molar-refractivity contribution in [1.29, 1.82) is 0 Å². The molecular weight excluding hydrogens is 1400 g/mol. The molecule has 3 nitrogen and oxygen atoms in total. The molecule has 0 amide bonds. The predicted molar refractivity (Wildman–Crippen MR) is 479 cm³/mol. The number of fused-ring (bicyclic) bond motifs is 12. The molecule has 2 aromatic heterocycles. The number of anilines is 6. The van der Waals surface area contributed by atoms with E-state index < -0.39 is 10.8 Å². The molecule has 0 saturated carbocycles. The van der Waals surface area contributed by atoms with Crippen molar-refractivity contribution in [3.63, 3.8) is 0 Å². The van der Waals surface area contributed by atoms with E-state index in [0.29, 0.717) is 0 Å². The van der Waals surface area contributed by atoms with Gasteiger partial charge in [-0.2, -0.15) is 0 Å². The molecule has 0 unspecified atom stereocenters. The number of nitrogens with zero attached hydrogens (tertiary/aromatic N) is 2. The Morgan fingerprint density at radius 1 is 0.184 bits per heavy atom. The zero-order valence-corrected chi connectivity index (χ0v) is 63.3. The molecule has 20 aromatic rings. The summed E-state index contributed by atoms with van der Waals surface area (Å²) >= 11 is 1.92. The molecule has 0 bridgehead atoms. The van der Waals surface area contributed by atoms with Crippen LogP contribution in [-0.2, 0) is 10.8 Å². The van der Waals surface area contributed by atoms with Crippen LogP contribution in [0.15, 0.2) is 453 Å². The molecule has 22 rings (SSSR count). The Balaban J connectivity index is 0.000000143. The van der Waals surface area contributed by atoms with Gasteiger partial charge in [-0.05, 0) is 166 Å². The van der Waals surface area contributed by atoms with Crippen LogP contribution in [0.5, 0.6) is 0 Å². The first kappa shape index (κ1) is 67.7. The minimum atomic E-state index is -0.581. The molecule has 0 fully saturated rings. The van der Waals surface area contributed by atoms with E-state index in [0.717, 1.165) is 55.9 Å². The summed E-state index contributed by atoms with van der Waals surface area (Å²) in [5.74, 6) is 0. The summed E-state index contributed by atoms with van der Waals surface area (Å²) in [6.07, 6.45) is 0. The number of benzene rings is 18. The van der Waals surface area contributed by atoms with Gasteiger partial charge in [0.05, 0.1) is 26.9 Å². The first-order chi connectivity index (χ1) is 56.6. The SMILES string of the molecule is c1ccc(-c2ccc(N(c3ccc(-c4ccccc4)cc3)c3cccc4c3oc3c(C5(c6ccccc6)c6ccccc6-c6ccccc65)cccc34)cc2)cc1.c1ccc(-c2ccc(N(c3ccc(-c4ccccc4)cc3)c3cccc4c3sc3c(C5(c6ccccc6)c6ccccc6-c6ccccc65)cccc34)cc2)cc1. The summed E-state index contributed by atoms with van der Waals surface area (Å²) in [5, 5.41) is 4.73. The fourth-order valence-corrected chi connectivity index (χ4v) is 19.9. The van der Waals surface area contributed by atoms with Crippen molar-refractivity contribution in [2.45, 2.75) is 10.8 Å². The van der Waals surface area contributed by atoms with Crippen LogP contribution in [0.4, 0.5) is 34.1 Å². The first-order valence-corrected chi connectivity index (χ1v) is 40.0. The van der Waals surface area contributed by atoms with E-state index in [4.69, 9.17) is 4.42 Å². The smallest absolute Gasteiger partial charge is 0.159 e. The van der Waals surface area contributed by atoms with Crippen LogP contribution in [0.3, 0.4) is 0 Å². The van der Waals surface area contributed by atoms with Gasteiger partial charge >= 0.3 is 0 Å². The van der Waals surface area contributed by atoms with Crippen molar-refractivity contribution in [2.24, 2.45) is 0 Å². The number of thiophene rings is 1. The Hall–Kier alpha value is -14.4. The van der Waals surface area contributed by atoms with E-state index in [1.54, 1.807) is 0 Å². The third-order valence-electron chi connectivity index (χ3n) is 23.5. The molecule has 2 heterocycles. The summed E-state index contributed by atoms with van der Waals surface area (Å²) in [5.41, 5.74) is 32.0. The summed E-state index contributed by atoms with van der Waals surface area (Å²) < 4.78 is 9.95. The van der Waals surface area contributed by atoms with E-state index in [2.05, 4.69) is 459 Å². The second-order valence-corrected chi connectivity index (χ2v) is 30.6. The second-order valence-electron chi connectivity index (χ2n) is 29.6. The van der Waals surface area contributed by atoms with E-state index in [-0.39, 0.29) is 0 Å². The molecule has 0 aliphatic heterocycles. The van der Waals surface area contributed by atoms with Crippen LogP contribution in [0.25, 0.3) is 109 Å². The van der Waals surface area contributed by atoms with Crippen molar-refractivity contribution in [3.05, 3.63) is 493 Å². The number of para-hydroxylation sites is 2. The molecule has 114 heavy (non-hydrogen) atoms. The summed E-state index contributed by atoms with van der Waals surface area (Å²) in [6, 6.07) is 163. The van der Waals surface area contributed by atoms with Crippen LogP contribution in [0, 0.1) is 0 Å². The van der Waals surface area contributed by atoms with Gasteiger partial charge in [0.15, 0.2) is 5.58 Å². The lowest BCUT2D eigenvalue weighted by molar-refractivity contribution is 0.648. The monoisotopic (exact) mass is 1470 g/mol. The van der Waals surface area contributed by atoms with Crippen molar-refractivity contribution < 1.29 is 4.42 Å². The van der Waals surface area contributed by atoms with Gasteiger partial charge in [0.1, 0.15) is 5.58 Å². The molecule has 18 aromatic carbocycles. The lowest BCUT2D eigenvalue weighted by atomic mass is 9.67. The molecule has 0 spiro atoms. The van der Waals surface area contributed by atoms with Crippen LogP contribution >= 0.6 is 11.3 Å². The van der Waals surface area contributed by atoms with Gasteiger partial charge in [-0.3, -0.25) is 0 Å². The van der Waals surface area contributed by atoms with Crippen molar-refractivity contribution >= 4 is 87.6 Å². The van der Waals surface area contributed by atoms with E-state index in [1.165, 1.54) is 132 Å². The predicted octanol–water partition coefficient (Wildman–Crippen LogP) is 30.0. The average molecular weight is 1470 g/mol. The highest BCUT2D eigenvalue weighted by molar-refractivity contribution is 7.26. The maximum atomic E-state index is 7.37. The second kappa shape index (κ2) is 28.5. The molecule has 4 heteroatoms. The summed E-state index contributed by atoms with van der Waals surface area (Å²) in [7, 11) is 0. The van der Waals surface area contributed by atoms with Gasteiger partial charge in [0.2, 0.25) is 0 Å². The molecule has 0 saturated heterocycles. The Morgan fingerprint density at radius 2 is 0.447 bits per heavy atom. The summed E-state index contributed by atoms with van der Waals surface area (Å²) in [4.78, 5) is 4.77. The van der Waals surface area contributed by atoms with Crippen molar-refractivity contribution in [3.8, 4) is 66.8 Å². The zero-order chi connectivity index (χ0) is 75.5. The Bertz CT molecular complexity index is 6240. The van der Waals surface area contributed by atoms with Crippen LogP contribution in [0.1, 0.15) is 44.5 Å². The maximum absolute atomic E-state index is 7.37. The molecule has 0 N–H and O–H groups in total. The number of hydrogen-bond donors (Lipinski definition) is 0. The summed E-state index contributed by atoms with van der Waals surface area (Å²) in [6.45, 7) is 0. The lowest BCUT2D eigenvalue weighted by Gasteiger charge is -2.34. The third kappa shape index (κ3) is 11.2. The van der Waals surface area contributed by atoms with E-state index in [1.807, 2.05) is 11.3 Å². The van der Waals surface area contributed by atoms with Crippen molar-refractivity contribution in [1.82, 2.24) is 0 Å². The van der Waals surface area contributed by atoms with Gasteiger partial charge in [0.25, 0.3) is 0 Å². The van der Waals surface area contributed by atoms with Crippen LogP contribution in [0.2, 0.25) is 0 Å². The minimum absolute atomic E-state index is 0.477. The first-order valence-electron chi connectivity index (χ1n) is 39.2. The molecular formula is C110H74N2OS. The van der Waals surface area contributed by atoms with Gasteiger partial charge in [-0.1, -0.05) is 388 Å². The van der Waals surface area contributed by atoms with Gasteiger partial charge < -0.3 is 14.2 Å². The van der Waals surface area contributed by atoms with Gasteiger partial charge in [-0.25, -0.2) is 0 Å². The standard InChI is InChI=1S/C55H37NO.C55H37NS/c2*1-4-16-38(17-5-1)40-30-34-43(35-31-40)56(44-36-32-41(33-37-44)39-18-6-2-7-19-39)52-29-15-25-48-47-24-14-28-51(53(47)57-54(48)52)55(42-20-8-3-9-21-42)49-26-12-10-22-45(49)46-23-11-13-27-50(46)55/h2*1-37H. The third-order valence-corrected chi connectivity index (χ3v) is 24.8. The highest BCUT2D eigenvalue weighted by atomic mass is 32.1. The molecule has 2 aliphatic rings. The number of rotatable bonds is 14. The van der Waals surface area contributed by atoms with Crippen LogP contribution in [-0.4, -0.2) is 0 Å². The molecule has 2 aliphatic carbocycles. The maximum Gasteiger partial charge on any atom is 0.159 e. The fraction of sp³-hybridized carbons (Fsp3) is 0.0182. The zero-order valence-electron chi connectivity index (χ0n) is 62.4. The molecule has 0 atom stereocenters. The highest BCUT2D eigenvalue weighted by Gasteiger charge is 2.49. The quantitative estimate of drug-likeness (QED) is 0.108. The Morgan fingerprint density at radius 3 is 0.825 bits per heavy atom. The number of hydrogen-bond acceptors (Lipinski definition) is 4. The van der Waals surface area contributed by atoms with E-state index in [9.17, 15) is 0 Å².